The first-order chi connectivity index (χ1) is 8.00. The number of carbonyl (C=O) groups is 1. The summed E-state index contributed by atoms with van der Waals surface area (Å²) in [7, 11) is -2.07. The molecule has 0 amide bonds. The third-order valence-corrected chi connectivity index (χ3v) is 8.59. The molecule has 0 saturated carbocycles. The molecule has 98 valence electrons. The Kier molecular flexibility index (Phi) is 5.14. The molecule has 1 unspecified atom stereocenters. The molecular formula is C14H26O2Si. The van der Waals surface area contributed by atoms with Crippen LogP contribution in [0.3, 0.4) is 0 Å². The van der Waals surface area contributed by atoms with Crippen LogP contribution in [0.2, 0.25) is 13.1 Å². The number of hydrogen-bond acceptors (Lipinski definition) is 2. The molecule has 0 aromatic carbocycles. The van der Waals surface area contributed by atoms with E-state index in [0.29, 0.717) is 0 Å². The standard InChI is InChI=1S/C14H26O2Si/c1-5-7-10-14(11-8-9-12-16-14)17(3,4)13(15)6-2/h6H,2,5,7-12H2,1,3-4H3. The van der Waals surface area contributed by atoms with Crippen LogP contribution in [0, 0.1) is 0 Å². The predicted octanol–water partition coefficient (Wildman–Crippen LogP) is 3.66. The van der Waals surface area contributed by atoms with Gasteiger partial charge < -0.3 is 9.53 Å². The van der Waals surface area contributed by atoms with Crippen molar-refractivity contribution in [1.82, 2.24) is 0 Å². The molecular weight excluding hydrogens is 228 g/mol. The summed E-state index contributed by atoms with van der Waals surface area (Å²) in [6.07, 6.45) is 8.27. The molecule has 0 aromatic rings. The van der Waals surface area contributed by atoms with E-state index in [4.69, 9.17) is 4.74 Å². The van der Waals surface area contributed by atoms with E-state index in [9.17, 15) is 4.79 Å². The zero-order chi connectivity index (χ0) is 12.9. The molecule has 1 saturated heterocycles. The second kappa shape index (κ2) is 5.96. The fourth-order valence-corrected chi connectivity index (χ4v) is 5.82. The van der Waals surface area contributed by atoms with E-state index in [1.165, 1.54) is 12.5 Å². The van der Waals surface area contributed by atoms with Gasteiger partial charge in [0, 0.05) is 6.61 Å². The van der Waals surface area contributed by atoms with Gasteiger partial charge in [-0.05, 0) is 31.8 Å². The molecule has 0 bridgehead atoms. The maximum atomic E-state index is 12.2. The van der Waals surface area contributed by atoms with E-state index in [1.807, 2.05) is 0 Å². The van der Waals surface area contributed by atoms with Crippen molar-refractivity contribution in [2.75, 3.05) is 6.61 Å². The Bertz CT molecular complexity index is 278. The smallest absolute Gasteiger partial charge is 0.167 e. The molecule has 1 aliphatic rings. The molecule has 17 heavy (non-hydrogen) atoms. The van der Waals surface area contributed by atoms with Gasteiger partial charge in [0.25, 0.3) is 0 Å². The number of rotatable bonds is 6. The van der Waals surface area contributed by atoms with Gasteiger partial charge in [0.15, 0.2) is 8.07 Å². The average molecular weight is 254 g/mol. The highest BCUT2D eigenvalue weighted by atomic mass is 28.3. The molecule has 2 nitrogen and oxygen atoms in total. The Morgan fingerprint density at radius 3 is 2.65 bits per heavy atom. The fraction of sp³-hybridized carbons (Fsp3) is 0.786. The molecule has 1 heterocycles. The van der Waals surface area contributed by atoms with Crippen LogP contribution in [0.5, 0.6) is 0 Å². The normalized spacial score (nSPS) is 25.6. The van der Waals surface area contributed by atoms with Crippen molar-refractivity contribution in [2.24, 2.45) is 0 Å². The van der Waals surface area contributed by atoms with Gasteiger partial charge in [-0.3, -0.25) is 0 Å². The van der Waals surface area contributed by atoms with Crippen molar-refractivity contribution in [1.29, 1.82) is 0 Å². The highest BCUT2D eigenvalue weighted by molar-refractivity contribution is 7.07. The van der Waals surface area contributed by atoms with E-state index in [-0.39, 0.29) is 10.6 Å². The Balaban J connectivity index is 2.94. The minimum absolute atomic E-state index is 0.132. The number of carbonyl (C=O) groups excluding carboxylic acids is 1. The molecule has 1 fully saturated rings. The van der Waals surface area contributed by atoms with Gasteiger partial charge in [0.2, 0.25) is 0 Å². The zero-order valence-corrected chi connectivity index (χ0v) is 12.6. The van der Waals surface area contributed by atoms with Crippen molar-refractivity contribution in [2.45, 2.75) is 63.8 Å². The Morgan fingerprint density at radius 1 is 1.47 bits per heavy atom. The van der Waals surface area contributed by atoms with Gasteiger partial charge in [-0.1, -0.05) is 39.4 Å². The largest absolute Gasteiger partial charge is 0.378 e. The van der Waals surface area contributed by atoms with E-state index < -0.39 is 8.07 Å². The maximum absolute atomic E-state index is 12.2. The summed E-state index contributed by atoms with van der Waals surface area (Å²) in [6.45, 7) is 11.0. The lowest BCUT2D eigenvalue weighted by atomic mass is 10.0. The summed E-state index contributed by atoms with van der Waals surface area (Å²) < 4.78 is 6.15. The lowest BCUT2D eigenvalue weighted by Gasteiger charge is -2.46. The Hall–Kier alpha value is -0.413. The van der Waals surface area contributed by atoms with Crippen molar-refractivity contribution >= 4 is 13.5 Å². The summed E-state index contributed by atoms with van der Waals surface area (Å²) in [5.41, 5.74) is 0. The lowest BCUT2D eigenvalue weighted by molar-refractivity contribution is -0.110. The third kappa shape index (κ3) is 2.88. The summed E-state index contributed by atoms with van der Waals surface area (Å²) in [4.78, 5) is 12.2. The average Bonchev–Trinajstić information content (AvgIpc) is 2.36. The number of ether oxygens (including phenoxy) is 1. The summed E-state index contributed by atoms with van der Waals surface area (Å²) in [6, 6.07) is 0. The quantitative estimate of drug-likeness (QED) is 0.534. The van der Waals surface area contributed by atoms with Crippen LogP contribution in [0.25, 0.3) is 0 Å². The van der Waals surface area contributed by atoms with Crippen LogP contribution < -0.4 is 0 Å². The van der Waals surface area contributed by atoms with Gasteiger partial charge >= 0.3 is 0 Å². The van der Waals surface area contributed by atoms with E-state index in [0.717, 1.165) is 38.7 Å². The van der Waals surface area contributed by atoms with E-state index in [1.54, 1.807) is 0 Å². The maximum Gasteiger partial charge on any atom is 0.167 e. The fourth-order valence-electron chi connectivity index (χ4n) is 2.80. The highest BCUT2D eigenvalue weighted by Gasteiger charge is 2.51. The van der Waals surface area contributed by atoms with Crippen LogP contribution >= 0.6 is 0 Å². The minimum atomic E-state index is -2.07. The second-order valence-corrected chi connectivity index (χ2v) is 10.3. The third-order valence-electron chi connectivity index (χ3n) is 4.23. The van der Waals surface area contributed by atoms with Crippen molar-refractivity contribution in [3.8, 4) is 0 Å². The topological polar surface area (TPSA) is 26.3 Å². The molecule has 0 aliphatic carbocycles. The lowest BCUT2D eigenvalue weighted by Crippen LogP contribution is -2.62. The van der Waals surface area contributed by atoms with Crippen LogP contribution in [-0.2, 0) is 9.53 Å². The van der Waals surface area contributed by atoms with E-state index in [2.05, 4.69) is 26.6 Å². The van der Waals surface area contributed by atoms with Gasteiger partial charge in [0.1, 0.15) is 5.41 Å². The molecule has 0 radical (unpaired) electrons. The van der Waals surface area contributed by atoms with E-state index >= 15 is 0 Å². The first-order valence-corrected chi connectivity index (χ1v) is 9.81. The number of allylic oxidation sites excluding steroid dienone is 1. The monoisotopic (exact) mass is 254 g/mol. The summed E-state index contributed by atoms with van der Waals surface area (Å²) in [5.74, 6) is 0. The summed E-state index contributed by atoms with van der Waals surface area (Å²) in [5, 5.41) is 0.113. The van der Waals surface area contributed by atoms with Crippen molar-refractivity contribution < 1.29 is 9.53 Å². The zero-order valence-electron chi connectivity index (χ0n) is 11.6. The Morgan fingerprint density at radius 2 is 2.18 bits per heavy atom. The molecule has 1 rings (SSSR count). The van der Waals surface area contributed by atoms with Crippen molar-refractivity contribution in [3.63, 3.8) is 0 Å². The molecule has 0 N–H and O–H groups in total. The molecule has 3 heteroatoms. The van der Waals surface area contributed by atoms with Crippen LogP contribution in [0.1, 0.15) is 45.4 Å². The van der Waals surface area contributed by atoms with Crippen LogP contribution in [-0.4, -0.2) is 25.3 Å². The molecule has 1 aliphatic heterocycles. The van der Waals surface area contributed by atoms with Gasteiger partial charge in [-0.2, -0.15) is 0 Å². The van der Waals surface area contributed by atoms with Crippen LogP contribution in [0.15, 0.2) is 12.7 Å². The Labute approximate surface area is 106 Å². The van der Waals surface area contributed by atoms with Crippen molar-refractivity contribution in [3.05, 3.63) is 12.7 Å². The second-order valence-electron chi connectivity index (χ2n) is 5.60. The number of unbranched alkanes of at least 4 members (excludes halogenated alkanes) is 1. The summed E-state index contributed by atoms with van der Waals surface area (Å²) >= 11 is 0. The van der Waals surface area contributed by atoms with Gasteiger partial charge in [-0.25, -0.2) is 0 Å². The molecule has 0 aromatic heterocycles. The predicted molar refractivity (Wildman–Crippen MR) is 74.7 cm³/mol. The van der Waals surface area contributed by atoms with Gasteiger partial charge in [0.05, 0.1) is 5.22 Å². The SMILES string of the molecule is C=CC(=O)[Si](C)(C)C1(CCCC)CCCCO1. The first-order valence-electron chi connectivity index (χ1n) is 6.81. The first kappa shape index (κ1) is 14.6. The molecule has 1 atom stereocenters. The van der Waals surface area contributed by atoms with Gasteiger partial charge in [-0.15, -0.1) is 0 Å². The minimum Gasteiger partial charge on any atom is -0.378 e. The highest BCUT2D eigenvalue weighted by Crippen LogP contribution is 2.38. The van der Waals surface area contributed by atoms with Crippen LogP contribution in [0.4, 0.5) is 0 Å². The molecule has 0 spiro atoms. The number of hydrogen-bond donors (Lipinski definition) is 0.